The Hall–Kier alpha value is -1.39. The number of nitrogens with zero attached hydrogens (tertiary/aromatic N) is 2. The van der Waals surface area contributed by atoms with Crippen molar-refractivity contribution in [3.05, 3.63) is 52.6 Å². The highest BCUT2D eigenvalue weighted by Crippen LogP contribution is 2.22. The first-order valence-corrected chi connectivity index (χ1v) is 7.31. The van der Waals surface area contributed by atoms with Crippen molar-refractivity contribution in [2.24, 2.45) is 5.73 Å². The van der Waals surface area contributed by atoms with Gasteiger partial charge < -0.3 is 5.73 Å². The summed E-state index contributed by atoms with van der Waals surface area (Å²) in [6.45, 7) is 6.59. The van der Waals surface area contributed by atoms with Crippen molar-refractivity contribution in [1.82, 2.24) is 9.97 Å². The van der Waals surface area contributed by atoms with Gasteiger partial charge in [-0.1, -0.05) is 17.7 Å². The van der Waals surface area contributed by atoms with Crippen LogP contribution in [0.15, 0.2) is 29.2 Å². The fourth-order valence-corrected chi connectivity index (χ4v) is 2.70. The smallest absolute Gasteiger partial charge is 0.139 e. The summed E-state index contributed by atoms with van der Waals surface area (Å²) in [5, 5.41) is 0. The Morgan fingerprint density at radius 3 is 2.11 bits per heavy atom. The molecule has 0 aliphatic carbocycles. The molecule has 0 aliphatic rings. The van der Waals surface area contributed by atoms with E-state index < -0.39 is 0 Å². The number of nitrogens with two attached hydrogens (primary N) is 1. The minimum atomic E-state index is 0.503. The molecule has 2 rings (SSSR count). The first-order valence-electron chi connectivity index (χ1n) is 6.32. The third kappa shape index (κ3) is 3.55. The number of aromatic nitrogens is 2. The van der Waals surface area contributed by atoms with Gasteiger partial charge in [-0.05, 0) is 32.9 Å². The second-order valence-electron chi connectivity index (χ2n) is 4.60. The van der Waals surface area contributed by atoms with Gasteiger partial charge >= 0.3 is 0 Å². The van der Waals surface area contributed by atoms with Gasteiger partial charge in [0.1, 0.15) is 5.82 Å². The molecule has 0 bridgehead atoms. The molecule has 0 amide bonds. The van der Waals surface area contributed by atoms with Gasteiger partial charge in [-0.3, -0.25) is 0 Å². The van der Waals surface area contributed by atoms with Crippen molar-refractivity contribution >= 4 is 11.8 Å². The molecule has 4 heteroatoms. The molecule has 0 fully saturated rings. The van der Waals surface area contributed by atoms with Crippen LogP contribution in [0.3, 0.4) is 0 Å². The van der Waals surface area contributed by atoms with Crippen LogP contribution >= 0.6 is 11.8 Å². The lowest BCUT2D eigenvalue weighted by Crippen LogP contribution is -2.08. The largest absolute Gasteiger partial charge is 0.326 e. The SMILES string of the molecule is Cc1ccc(SCc2nc(C)c(CN)c(C)n2)cc1. The maximum Gasteiger partial charge on any atom is 0.139 e. The second-order valence-corrected chi connectivity index (χ2v) is 5.64. The van der Waals surface area contributed by atoms with Gasteiger partial charge in [0.25, 0.3) is 0 Å². The molecular formula is C15H19N3S. The zero-order chi connectivity index (χ0) is 13.8. The van der Waals surface area contributed by atoms with E-state index in [4.69, 9.17) is 5.73 Å². The number of rotatable bonds is 4. The van der Waals surface area contributed by atoms with Crippen LogP contribution < -0.4 is 5.73 Å². The maximum atomic E-state index is 5.70. The molecule has 0 radical (unpaired) electrons. The summed E-state index contributed by atoms with van der Waals surface area (Å²) in [5.41, 5.74) is 10.0. The van der Waals surface area contributed by atoms with Gasteiger partial charge in [0.2, 0.25) is 0 Å². The van der Waals surface area contributed by atoms with E-state index in [1.54, 1.807) is 11.8 Å². The molecule has 3 nitrogen and oxygen atoms in total. The molecule has 2 aromatic rings. The Balaban J connectivity index is 2.09. The van der Waals surface area contributed by atoms with E-state index in [-0.39, 0.29) is 0 Å². The van der Waals surface area contributed by atoms with E-state index in [0.29, 0.717) is 6.54 Å². The highest BCUT2D eigenvalue weighted by Gasteiger charge is 2.07. The summed E-state index contributed by atoms with van der Waals surface area (Å²) < 4.78 is 0. The van der Waals surface area contributed by atoms with Gasteiger partial charge in [-0.15, -0.1) is 11.8 Å². The minimum Gasteiger partial charge on any atom is -0.326 e. The molecule has 1 heterocycles. The Kier molecular flexibility index (Phi) is 4.56. The van der Waals surface area contributed by atoms with Crippen LogP contribution in [-0.4, -0.2) is 9.97 Å². The van der Waals surface area contributed by atoms with Crippen molar-refractivity contribution < 1.29 is 0 Å². The lowest BCUT2D eigenvalue weighted by atomic mass is 10.2. The zero-order valence-electron chi connectivity index (χ0n) is 11.6. The topological polar surface area (TPSA) is 51.8 Å². The monoisotopic (exact) mass is 273 g/mol. The van der Waals surface area contributed by atoms with Crippen LogP contribution in [0.4, 0.5) is 0 Å². The molecular weight excluding hydrogens is 254 g/mol. The predicted octanol–water partition coefficient (Wildman–Crippen LogP) is 3.15. The molecule has 0 saturated heterocycles. The normalized spacial score (nSPS) is 10.7. The van der Waals surface area contributed by atoms with E-state index >= 15 is 0 Å². The van der Waals surface area contributed by atoms with Crippen molar-refractivity contribution in [3.8, 4) is 0 Å². The molecule has 2 N–H and O–H groups in total. The molecule has 0 saturated carbocycles. The first kappa shape index (κ1) is 14.0. The molecule has 0 unspecified atom stereocenters. The molecule has 100 valence electrons. The fraction of sp³-hybridized carbons (Fsp3) is 0.333. The molecule has 1 aromatic carbocycles. The number of benzene rings is 1. The summed E-state index contributed by atoms with van der Waals surface area (Å²) in [6.07, 6.45) is 0. The van der Waals surface area contributed by atoms with E-state index in [2.05, 4.69) is 41.2 Å². The number of hydrogen-bond acceptors (Lipinski definition) is 4. The highest BCUT2D eigenvalue weighted by atomic mass is 32.2. The second kappa shape index (κ2) is 6.17. The van der Waals surface area contributed by atoms with Crippen LogP contribution in [0.2, 0.25) is 0 Å². The average Bonchev–Trinajstić information content (AvgIpc) is 2.38. The molecule has 19 heavy (non-hydrogen) atoms. The van der Waals surface area contributed by atoms with E-state index in [1.165, 1.54) is 10.5 Å². The van der Waals surface area contributed by atoms with E-state index in [0.717, 1.165) is 28.5 Å². The number of hydrogen-bond donors (Lipinski definition) is 1. The highest BCUT2D eigenvalue weighted by molar-refractivity contribution is 7.98. The number of thioether (sulfide) groups is 1. The van der Waals surface area contributed by atoms with Gasteiger partial charge in [-0.25, -0.2) is 9.97 Å². The van der Waals surface area contributed by atoms with Crippen LogP contribution in [0, 0.1) is 20.8 Å². The molecule has 1 aromatic heterocycles. The Labute approximate surface area is 118 Å². The van der Waals surface area contributed by atoms with Gasteiger partial charge in [-0.2, -0.15) is 0 Å². The van der Waals surface area contributed by atoms with E-state index in [1.807, 2.05) is 13.8 Å². The van der Waals surface area contributed by atoms with Crippen LogP contribution in [0.25, 0.3) is 0 Å². The van der Waals surface area contributed by atoms with Crippen LogP contribution in [0.1, 0.15) is 28.3 Å². The summed E-state index contributed by atoms with van der Waals surface area (Å²) in [7, 11) is 0. The predicted molar refractivity (Wildman–Crippen MR) is 80.1 cm³/mol. The lowest BCUT2D eigenvalue weighted by molar-refractivity contribution is 0.891. The number of aryl methyl sites for hydroxylation is 3. The summed E-state index contributed by atoms with van der Waals surface area (Å²) in [6, 6.07) is 8.51. The molecule has 0 atom stereocenters. The Bertz CT molecular complexity index is 541. The summed E-state index contributed by atoms with van der Waals surface area (Å²) in [4.78, 5) is 10.3. The molecule has 0 aliphatic heterocycles. The first-order chi connectivity index (χ1) is 9.10. The zero-order valence-corrected chi connectivity index (χ0v) is 12.4. The van der Waals surface area contributed by atoms with Gasteiger partial charge in [0, 0.05) is 28.4 Å². The fourth-order valence-electron chi connectivity index (χ4n) is 1.95. The van der Waals surface area contributed by atoms with Gasteiger partial charge in [0.05, 0.1) is 5.75 Å². The van der Waals surface area contributed by atoms with E-state index in [9.17, 15) is 0 Å². The standard InChI is InChI=1S/C15H19N3S/c1-10-4-6-13(7-5-10)19-9-15-17-11(2)14(8-16)12(3)18-15/h4-7H,8-9,16H2,1-3H3. The minimum absolute atomic E-state index is 0.503. The lowest BCUT2D eigenvalue weighted by Gasteiger charge is -2.09. The van der Waals surface area contributed by atoms with Crippen LogP contribution in [-0.2, 0) is 12.3 Å². The maximum absolute atomic E-state index is 5.70. The Morgan fingerprint density at radius 1 is 1.00 bits per heavy atom. The van der Waals surface area contributed by atoms with Crippen molar-refractivity contribution in [2.75, 3.05) is 0 Å². The Morgan fingerprint density at radius 2 is 1.58 bits per heavy atom. The van der Waals surface area contributed by atoms with Crippen LogP contribution in [0.5, 0.6) is 0 Å². The van der Waals surface area contributed by atoms with Crippen molar-refractivity contribution in [3.63, 3.8) is 0 Å². The van der Waals surface area contributed by atoms with Gasteiger partial charge in [0.15, 0.2) is 0 Å². The summed E-state index contributed by atoms with van der Waals surface area (Å²) >= 11 is 1.76. The van der Waals surface area contributed by atoms with Crippen molar-refractivity contribution in [2.45, 2.75) is 38.0 Å². The van der Waals surface area contributed by atoms with Crippen molar-refractivity contribution in [1.29, 1.82) is 0 Å². The third-order valence-electron chi connectivity index (χ3n) is 3.06. The summed E-state index contributed by atoms with van der Waals surface area (Å²) in [5.74, 6) is 1.66. The third-order valence-corrected chi connectivity index (χ3v) is 4.07. The average molecular weight is 273 g/mol. The molecule has 0 spiro atoms. The quantitative estimate of drug-likeness (QED) is 0.869.